The topological polar surface area (TPSA) is 99.0 Å². The number of benzene rings is 3. The van der Waals surface area contributed by atoms with Gasteiger partial charge in [-0.05, 0) is 88.6 Å². The number of hydrogen-bond acceptors (Lipinski definition) is 7. The van der Waals surface area contributed by atoms with Crippen LogP contribution in [0.15, 0.2) is 70.0 Å². The normalized spacial score (nSPS) is 14.4. The lowest BCUT2D eigenvalue weighted by molar-refractivity contribution is -0.384. The highest BCUT2D eigenvalue weighted by Crippen LogP contribution is 2.40. The number of carbonyl (C=O) groups excluding carboxylic acids is 2. The molecular weight excluding hydrogens is 560 g/mol. The number of thioether (sulfide) groups is 1. The van der Waals surface area contributed by atoms with Crippen molar-refractivity contribution in [2.75, 3.05) is 6.61 Å². The Labute approximate surface area is 226 Å². The van der Waals surface area contributed by atoms with E-state index >= 15 is 0 Å². The van der Waals surface area contributed by atoms with Gasteiger partial charge in [-0.25, -0.2) is 0 Å². The zero-order chi connectivity index (χ0) is 26.5. The van der Waals surface area contributed by atoms with Gasteiger partial charge in [0.1, 0.15) is 6.61 Å². The van der Waals surface area contributed by atoms with Crippen molar-refractivity contribution in [3.63, 3.8) is 0 Å². The molecule has 0 saturated carbocycles. The maximum absolute atomic E-state index is 13.0. The van der Waals surface area contributed by atoms with Crippen molar-refractivity contribution >= 4 is 50.6 Å². The quantitative estimate of drug-likeness (QED) is 0.154. The van der Waals surface area contributed by atoms with E-state index in [0.29, 0.717) is 33.0 Å². The predicted octanol–water partition coefficient (Wildman–Crippen LogP) is 6.88. The zero-order valence-corrected chi connectivity index (χ0v) is 22.5. The highest BCUT2D eigenvalue weighted by molar-refractivity contribution is 9.10. The van der Waals surface area contributed by atoms with E-state index in [1.165, 1.54) is 17.0 Å². The molecule has 0 aliphatic carbocycles. The SMILES string of the molecule is CCOc1cc(/C=C2\SC(=O)N(Cc3ccc(C)cc3)C2=O)cc(Br)c1OCc1ccc([N+](=O)[O-])cc1. The van der Waals surface area contributed by atoms with Crippen LogP contribution in [0.4, 0.5) is 10.5 Å². The molecule has 190 valence electrons. The molecule has 0 N–H and O–H groups in total. The molecule has 10 heteroatoms. The van der Waals surface area contributed by atoms with E-state index in [9.17, 15) is 19.7 Å². The fraction of sp³-hybridized carbons (Fsp3) is 0.185. The number of nitro benzene ring substituents is 1. The molecule has 37 heavy (non-hydrogen) atoms. The molecule has 4 rings (SSSR count). The lowest BCUT2D eigenvalue weighted by Gasteiger charge is -2.15. The maximum Gasteiger partial charge on any atom is 0.293 e. The number of aryl methyl sites for hydroxylation is 1. The van der Waals surface area contributed by atoms with Gasteiger partial charge in [0.2, 0.25) is 0 Å². The number of rotatable bonds is 9. The van der Waals surface area contributed by atoms with E-state index in [2.05, 4.69) is 15.9 Å². The van der Waals surface area contributed by atoms with Crippen LogP contribution in [0.3, 0.4) is 0 Å². The molecule has 1 heterocycles. The molecular formula is C27H23BrN2O6S. The van der Waals surface area contributed by atoms with Gasteiger partial charge < -0.3 is 9.47 Å². The number of halogens is 1. The highest BCUT2D eigenvalue weighted by Gasteiger charge is 2.35. The molecule has 2 amide bonds. The molecule has 3 aromatic carbocycles. The van der Waals surface area contributed by atoms with Gasteiger partial charge in [0.05, 0.1) is 27.5 Å². The van der Waals surface area contributed by atoms with Crippen molar-refractivity contribution in [1.29, 1.82) is 0 Å². The van der Waals surface area contributed by atoms with Crippen molar-refractivity contribution in [2.45, 2.75) is 27.0 Å². The summed E-state index contributed by atoms with van der Waals surface area (Å²) in [5.41, 5.74) is 3.41. The summed E-state index contributed by atoms with van der Waals surface area (Å²) >= 11 is 4.42. The summed E-state index contributed by atoms with van der Waals surface area (Å²) in [4.78, 5) is 37.5. The molecule has 0 bridgehead atoms. The summed E-state index contributed by atoms with van der Waals surface area (Å²) in [5.74, 6) is 0.580. The van der Waals surface area contributed by atoms with Crippen LogP contribution in [-0.2, 0) is 17.9 Å². The van der Waals surface area contributed by atoms with Crippen LogP contribution in [0.25, 0.3) is 6.08 Å². The third kappa shape index (κ3) is 6.39. The number of amides is 2. The zero-order valence-electron chi connectivity index (χ0n) is 20.1. The lowest BCUT2D eigenvalue weighted by Crippen LogP contribution is -2.27. The maximum atomic E-state index is 13.0. The van der Waals surface area contributed by atoms with Crippen molar-refractivity contribution in [3.8, 4) is 11.5 Å². The fourth-order valence-electron chi connectivity index (χ4n) is 3.61. The number of hydrogen-bond donors (Lipinski definition) is 0. The van der Waals surface area contributed by atoms with Crippen LogP contribution < -0.4 is 9.47 Å². The second-order valence-electron chi connectivity index (χ2n) is 8.23. The third-order valence-electron chi connectivity index (χ3n) is 5.49. The monoisotopic (exact) mass is 582 g/mol. The molecule has 1 fully saturated rings. The van der Waals surface area contributed by atoms with Crippen molar-refractivity contribution in [2.24, 2.45) is 0 Å². The van der Waals surface area contributed by atoms with E-state index in [-0.39, 0.29) is 30.0 Å². The standard InChI is InChI=1S/C27H23BrN2O6S/c1-3-35-23-13-20(12-22(28)25(23)36-16-19-8-10-21(11-9-19)30(33)34)14-24-26(31)29(27(32)37-24)15-18-6-4-17(2)5-7-18/h4-14H,3,15-16H2,1-2H3/b24-14-. The average Bonchev–Trinajstić information content (AvgIpc) is 3.12. The molecule has 1 saturated heterocycles. The van der Waals surface area contributed by atoms with Gasteiger partial charge in [-0.1, -0.05) is 29.8 Å². The molecule has 8 nitrogen and oxygen atoms in total. The van der Waals surface area contributed by atoms with Gasteiger partial charge >= 0.3 is 0 Å². The number of carbonyl (C=O) groups is 2. The molecule has 3 aromatic rings. The molecule has 0 unspecified atom stereocenters. The molecule has 0 radical (unpaired) electrons. The first-order chi connectivity index (χ1) is 17.7. The summed E-state index contributed by atoms with van der Waals surface area (Å²) in [5, 5.41) is 10.5. The van der Waals surface area contributed by atoms with Crippen LogP contribution in [0.1, 0.15) is 29.2 Å². The summed E-state index contributed by atoms with van der Waals surface area (Å²) in [6, 6.07) is 17.3. The fourth-order valence-corrected chi connectivity index (χ4v) is 5.02. The Hall–Kier alpha value is -3.63. The Balaban J connectivity index is 1.52. The first-order valence-corrected chi connectivity index (χ1v) is 13.0. The van der Waals surface area contributed by atoms with Gasteiger partial charge in [-0.15, -0.1) is 0 Å². The summed E-state index contributed by atoms with van der Waals surface area (Å²) in [6.45, 7) is 4.60. The third-order valence-corrected chi connectivity index (χ3v) is 6.99. The Morgan fingerprint density at radius 1 is 1.03 bits per heavy atom. The van der Waals surface area contributed by atoms with Crippen LogP contribution in [0.5, 0.6) is 11.5 Å². The summed E-state index contributed by atoms with van der Waals surface area (Å²) in [6.07, 6.45) is 1.66. The minimum absolute atomic E-state index is 0.00701. The van der Waals surface area contributed by atoms with Gasteiger partial charge in [0.15, 0.2) is 11.5 Å². The molecule has 0 spiro atoms. The van der Waals surface area contributed by atoms with Gasteiger partial charge in [0.25, 0.3) is 16.8 Å². The number of nitro groups is 1. The molecule has 1 aliphatic rings. The smallest absolute Gasteiger partial charge is 0.293 e. The molecule has 0 atom stereocenters. The van der Waals surface area contributed by atoms with Crippen molar-refractivity contribution < 1.29 is 24.0 Å². The van der Waals surface area contributed by atoms with Gasteiger partial charge in [-0.3, -0.25) is 24.6 Å². The largest absolute Gasteiger partial charge is 0.490 e. The Bertz CT molecular complexity index is 1370. The number of imide groups is 1. The summed E-state index contributed by atoms with van der Waals surface area (Å²) < 4.78 is 12.3. The van der Waals surface area contributed by atoms with E-state index in [0.717, 1.165) is 28.5 Å². The number of nitrogens with zero attached hydrogens (tertiary/aromatic N) is 2. The highest BCUT2D eigenvalue weighted by atomic mass is 79.9. The van der Waals surface area contributed by atoms with Crippen LogP contribution >= 0.6 is 27.7 Å². The van der Waals surface area contributed by atoms with Gasteiger partial charge in [-0.2, -0.15) is 0 Å². The first kappa shape index (κ1) is 26.4. The predicted molar refractivity (Wildman–Crippen MR) is 145 cm³/mol. The second-order valence-corrected chi connectivity index (χ2v) is 10.1. The lowest BCUT2D eigenvalue weighted by atomic mass is 10.1. The summed E-state index contributed by atoms with van der Waals surface area (Å²) in [7, 11) is 0. The molecule has 0 aromatic heterocycles. The van der Waals surface area contributed by atoms with Crippen LogP contribution in [0, 0.1) is 17.0 Å². The van der Waals surface area contributed by atoms with E-state index in [4.69, 9.17) is 9.47 Å². The first-order valence-electron chi connectivity index (χ1n) is 11.4. The van der Waals surface area contributed by atoms with Crippen molar-refractivity contribution in [1.82, 2.24) is 4.90 Å². The van der Waals surface area contributed by atoms with E-state index in [1.54, 1.807) is 30.3 Å². The van der Waals surface area contributed by atoms with Crippen LogP contribution in [0.2, 0.25) is 0 Å². The average molecular weight is 583 g/mol. The Morgan fingerprint density at radius 3 is 2.35 bits per heavy atom. The van der Waals surface area contributed by atoms with Crippen LogP contribution in [-0.4, -0.2) is 27.6 Å². The number of non-ortho nitro benzene ring substituents is 1. The minimum atomic E-state index is -0.454. The second kappa shape index (κ2) is 11.6. The van der Waals surface area contributed by atoms with Gasteiger partial charge in [0, 0.05) is 12.1 Å². The van der Waals surface area contributed by atoms with Crippen molar-refractivity contribution in [3.05, 3.63) is 102 Å². The minimum Gasteiger partial charge on any atom is -0.490 e. The molecule has 1 aliphatic heterocycles. The van der Waals surface area contributed by atoms with E-state index in [1.807, 2.05) is 38.1 Å². The Morgan fingerprint density at radius 2 is 1.70 bits per heavy atom. The Kier molecular flexibility index (Phi) is 8.30. The number of ether oxygens (including phenoxy) is 2. The van der Waals surface area contributed by atoms with E-state index < -0.39 is 4.92 Å².